The summed E-state index contributed by atoms with van der Waals surface area (Å²) in [6.07, 6.45) is 1.44. The summed E-state index contributed by atoms with van der Waals surface area (Å²) in [6, 6.07) is 6.40. The summed E-state index contributed by atoms with van der Waals surface area (Å²) in [5.74, 6) is -1.32. The molecule has 3 aromatic heterocycles. The van der Waals surface area contributed by atoms with Crippen molar-refractivity contribution in [1.29, 1.82) is 0 Å². The molecule has 3 heterocycles. The van der Waals surface area contributed by atoms with Crippen molar-refractivity contribution in [2.45, 2.75) is 19.3 Å². The monoisotopic (exact) mass is 540 g/mol. The highest BCUT2D eigenvalue weighted by Gasteiger charge is 2.29. The second-order valence-corrected chi connectivity index (χ2v) is 8.73. The number of aromatic nitrogens is 4. The summed E-state index contributed by atoms with van der Waals surface area (Å²) in [5.41, 5.74) is -1.17. The zero-order chi connectivity index (χ0) is 27.7. The van der Waals surface area contributed by atoms with Crippen molar-refractivity contribution in [3.63, 3.8) is 0 Å². The summed E-state index contributed by atoms with van der Waals surface area (Å²) in [5, 5.41) is 15.6. The number of benzene rings is 1. The minimum absolute atomic E-state index is 0.0175. The Morgan fingerprint density at radius 1 is 1.26 bits per heavy atom. The highest BCUT2D eigenvalue weighted by Crippen LogP contribution is 2.32. The topological polar surface area (TPSA) is 143 Å². The van der Waals surface area contributed by atoms with Gasteiger partial charge in [0, 0.05) is 24.4 Å². The fraction of sp³-hybridized carbons (Fsp3) is 0.200. The zero-order valence-electron chi connectivity index (χ0n) is 19.9. The predicted molar refractivity (Wildman–Crippen MR) is 130 cm³/mol. The average Bonchev–Trinajstić information content (AvgIpc) is 3.42. The minimum atomic E-state index is -3.07. The minimum Gasteiger partial charge on any atom is -0.465 e. The average molecular weight is 540 g/mol. The van der Waals surface area contributed by atoms with Gasteiger partial charge in [-0.1, -0.05) is 0 Å². The van der Waals surface area contributed by atoms with Gasteiger partial charge in [-0.15, -0.1) is 0 Å². The van der Waals surface area contributed by atoms with E-state index >= 15 is 0 Å². The maximum absolute atomic E-state index is 14.0. The van der Waals surface area contributed by atoms with Crippen molar-refractivity contribution in [2.24, 2.45) is 5.92 Å². The Morgan fingerprint density at radius 3 is 2.72 bits per heavy atom. The molecule has 0 unspecified atom stereocenters. The molecular weight excluding hydrogens is 521 g/mol. The van der Waals surface area contributed by atoms with E-state index in [9.17, 15) is 32.7 Å². The third-order valence-electron chi connectivity index (χ3n) is 5.95. The number of carbonyl (C=O) groups excluding carboxylic acids is 2. The molecule has 1 aliphatic rings. The molecule has 0 radical (unpaired) electrons. The third kappa shape index (κ3) is 5.49. The van der Waals surface area contributed by atoms with E-state index in [0.717, 1.165) is 40.9 Å². The standard InChI is InChI=1S/C25H19F3N6O5/c26-17-8-16(4-3-15(17)11-35)34-10-18(21(32-34)22(27)28)30-23(36)19-12-39-24(31-19)14-5-6-29-20(7-14)33(25(37)38)9-13-1-2-13/h3-8,10-13,22H,1-2,9H2,(H,30,36)(H,37,38). The van der Waals surface area contributed by atoms with Gasteiger partial charge in [0.05, 0.1) is 23.1 Å². The lowest BCUT2D eigenvalue weighted by Crippen LogP contribution is -2.32. The Bertz CT molecular complexity index is 1570. The van der Waals surface area contributed by atoms with Crippen LogP contribution in [0.1, 0.15) is 45.8 Å². The molecule has 4 aromatic rings. The van der Waals surface area contributed by atoms with Crippen LogP contribution in [-0.2, 0) is 0 Å². The maximum Gasteiger partial charge on any atom is 0.413 e. The van der Waals surface area contributed by atoms with Crippen molar-refractivity contribution in [3.8, 4) is 17.1 Å². The number of rotatable bonds is 9. The number of halogens is 3. The molecule has 39 heavy (non-hydrogen) atoms. The van der Waals surface area contributed by atoms with Gasteiger partial charge in [-0.3, -0.25) is 14.5 Å². The SMILES string of the molecule is O=Cc1ccc(-n2cc(NC(=O)c3coc(-c4ccnc(N(CC5CC5)C(=O)O)c4)n3)c(C(F)F)n2)cc1F. The Balaban J connectivity index is 1.36. The quantitative estimate of drug-likeness (QED) is 0.284. The van der Waals surface area contributed by atoms with E-state index in [-0.39, 0.29) is 40.3 Å². The second kappa shape index (κ2) is 10.4. The highest BCUT2D eigenvalue weighted by molar-refractivity contribution is 6.03. The van der Waals surface area contributed by atoms with Crippen molar-refractivity contribution in [3.05, 3.63) is 71.8 Å². The molecule has 0 saturated heterocycles. The van der Waals surface area contributed by atoms with Crippen molar-refractivity contribution >= 4 is 29.8 Å². The van der Waals surface area contributed by atoms with Crippen LogP contribution in [0.25, 0.3) is 17.1 Å². The first-order valence-corrected chi connectivity index (χ1v) is 11.6. The van der Waals surface area contributed by atoms with E-state index in [0.29, 0.717) is 18.4 Å². The van der Waals surface area contributed by atoms with Crippen LogP contribution in [0.4, 0.5) is 29.5 Å². The summed E-state index contributed by atoms with van der Waals surface area (Å²) in [4.78, 5) is 44.7. The predicted octanol–water partition coefficient (Wildman–Crippen LogP) is 4.96. The molecule has 14 heteroatoms. The lowest BCUT2D eigenvalue weighted by molar-refractivity contribution is 0.102. The highest BCUT2D eigenvalue weighted by atomic mass is 19.3. The number of pyridine rings is 1. The number of carboxylic acid groups (broad SMARTS) is 1. The zero-order valence-corrected chi connectivity index (χ0v) is 19.9. The smallest absolute Gasteiger partial charge is 0.413 e. The molecule has 11 nitrogen and oxygen atoms in total. The van der Waals surface area contributed by atoms with E-state index in [2.05, 4.69) is 20.4 Å². The first-order chi connectivity index (χ1) is 18.7. The van der Waals surface area contributed by atoms with Crippen LogP contribution in [0.2, 0.25) is 0 Å². The molecule has 200 valence electrons. The fourth-order valence-corrected chi connectivity index (χ4v) is 3.76. The molecule has 0 bridgehead atoms. The molecule has 1 saturated carbocycles. The Morgan fingerprint density at radius 2 is 2.05 bits per heavy atom. The van der Waals surface area contributed by atoms with Crippen LogP contribution in [0, 0.1) is 11.7 Å². The van der Waals surface area contributed by atoms with E-state index in [1.807, 2.05) is 0 Å². The Kier molecular flexibility index (Phi) is 6.83. The van der Waals surface area contributed by atoms with Gasteiger partial charge < -0.3 is 14.8 Å². The van der Waals surface area contributed by atoms with Gasteiger partial charge >= 0.3 is 6.09 Å². The van der Waals surface area contributed by atoms with Gasteiger partial charge in [-0.25, -0.2) is 32.6 Å². The number of anilines is 2. The van der Waals surface area contributed by atoms with Crippen LogP contribution in [0.3, 0.4) is 0 Å². The van der Waals surface area contributed by atoms with Crippen LogP contribution in [-0.4, -0.2) is 49.7 Å². The van der Waals surface area contributed by atoms with Gasteiger partial charge in [0.1, 0.15) is 17.9 Å². The summed E-state index contributed by atoms with van der Waals surface area (Å²) in [7, 11) is 0. The van der Waals surface area contributed by atoms with Crippen molar-refractivity contribution in [1.82, 2.24) is 19.7 Å². The molecular formula is C25H19F3N6O5. The number of carbonyl (C=O) groups is 3. The van der Waals surface area contributed by atoms with E-state index in [4.69, 9.17) is 4.42 Å². The summed E-state index contributed by atoms with van der Waals surface area (Å²) >= 11 is 0. The number of nitrogens with zero attached hydrogens (tertiary/aromatic N) is 5. The number of alkyl halides is 2. The number of nitrogens with one attached hydrogen (secondary N) is 1. The molecule has 1 aliphatic carbocycles. The number of hydrogen-bond acceptors (Lipinski definition) is 7. The van der Waals surface area contributed by atoms with Crippen LogP contribution >= 0.6 is 0 Å². The number of aldehydes is 1. The Hall–Kier alpha value is -5.01. The van der Waals surface area contributed by atoms with Gasteiger partial charge in [0.25, 0.3) is 12.3 Å². The van der Waals surface area contributed by atoms with Gasteiger partial charge in [0.15, 0.2) is 17.7 Å². The Labute approximate surface area is 217 Å². The van der Waals surface area contributed by atoms with E-state index in [1.165, 1.54) is 30.5 Å². The molecule has 2 amide bonds. The summed E-state index contributed by atoms with van der Waals surface area (Å²) in [6.45, 7) is 0.305. The van der Waals surface area contributed by atoms with Gasteiger partial charge in [-0.2, -0.15) is 5.10 Å². The van der Waals surface area contributed by atoms with Gasteiger partial charge in [0.2, 0.25) is 5.89 Å². The summed E-state index contributed by atoms with van der Waals surface area (Å²) < 4.78 is 47.6. The third-order valence-corrected chi connectivity index (χ3v) is 5.95. The molecule has 0 aliphatic heterocycles. The van der Waals surface area contributed by atoms with Crippen LogP contribution in [0.5, 0.6) is 0 Å². The molecule has 1 aromatic carbocycles. The van der Waals surface area contributed by atoms with Crippen molar-refractivity contribution < 1.29 is 37.1 Å². The largest absolute Gasteiger partial charge is 0.465 e. The van der Waals surface area contributed by atoms with Crippen LogP contribution in [0.15, 0.2) is 53.4 Å². The maximum atomic E-state index is 14.0. The molecule has 0 spiro atoms. The molecule has 0 atom stereocenters. The van der Waals surface area contributed by atoms with Crippen LogP contribution < -0.4 is 10.2 Å². The number of oxazole rings is 1. The van der Waals surface area contributed by atoms with E-state index in [1.54, 1.807) is 0 Å². The first-order valence-electron chi connectivity index (χ1n) is 11.6. The lowest BCUT2D eigenvalue weighted by atomic mass is 10.2. The lowest BCUT2D eigenvalue weighted by Gasteiger charge is -2.18. The molecule has 1 fully saturated rings. The first kappa shape index (κ1) is 25.6. The van der Waals surface area contributed by atoms with Gasteiger partial charge in [-0.05, 0) is 43.0 Å². The second-order valence-electron chi connectivity index (χ2n) is 8.73. The van der Waals surface area contributed by atoms with E-state index < -0.39 is 29.9 Å². The van der Waals surface area contributed by atoms with Crippen molar-refractivity contribution in [2.75, 3.05) is 16.8 Å². The normalized spacial score (nSPS) is 12.9. The molecule has 2 N–H and O–H groups in total. The molecule has 5 rings (SSSR count). The fourth-order valence-electron chi connectivity index (χ4n) is 3.76. The number of amides is 2. The number of hydrogen-bond donors (Lipinski definition) is 2.